The van der Waals surface area contributed by atoms with Gasteiger partial charge in [-0.2, -0.15) is 4.98 Å². The van der Waals surface area contributed by atoms with Crippen LogP contribution in [0.5, 0.6) is 11.5 Å². The monoisotopic (exact) mass is 484 g/mol. The van der Waals surface area contributed by atoms with Crippen LogP contribution in [0.15, 0.2) is 68.6 Å². The number of methoxy groups -OCH3 is 2. The Bertz CT molecular complexity index is 1150. The van der Waals surface area contributed by atoms with Gasteiger partial charge in [-0.05, 0) is 42.5 Å². The van der Waals surface area contributed by atoms with Crippen LogP contribution in [-0.4, -0.2) is 34.6 Å². The highest BCUT2D eigenvalue weighted by Crippen LogP contribution is 2.32. The number of halogens is 1. The zero-order valence-corrected chi connectivity index (χ0v) is 18.6. The van der Waals surface area contributed by atoms with Crippen LogP contribution >= 0.6 is 27.7 Å². The summed E-state index contributed by atoms with van der Waals surface area (Å²) in [7, 11) is 3.21. The molecule has 0 atom stereocenters. The van der Waals surface area contributed by atoms with Crippen LogP contribution in [0, 0.1) is 0 Å². The smallest absolute Gasteiger partial charge is 0.237 e. The molecule has 2 heterocycles. The quantitative estimate of drug-likeness (QED) is 0.328. The Balaban J connectivity index is 1.43. The minimum atomic E-state index is 0.502. The molecule has 2 aromatic heterocycles. The van der Waals surface area contributed by atoms with E-state index < -0.39 is 0 Å². The Morgan fingerprint density at radius 1 is 0.967 bits per heavy atom. The van der Waals surface area contributed by atoms with E-state index in [1.54, 1.807) is 14.2 Å². The molecule has 2 aromatic carbocycles. The van der Waals surface area contributed by atoms with Crippen molar-refractivity contribution < 1.29 is 14.0 Å². The molecule has 9 heteroatoms. The standard InChI is InChI=1S/C21H17BrN4O3S/c1-27-17-9-7-13(11-18(17)28-2)16-8-10-20(25-24-16)30-12-19-23-21(26-29-19)14-5-3-4-6-15(14)22/h3-11H,12H2,1-2H3. The van der Waals surface area contributed by atoms with Gasteiger partial charge in [0.05, 0.1) is 25.7 Å². The van der Waals surface area contributed by atoms with Gasteiger partial charge in [0.15, 0.2) is 11.5 Å². The predicted molar refractivity (Wildman–Crippen MR) is 118 cm³/mol. The molecule has 0 N–H and O–H groups in total. The molecule has 0 fully saturated rings. The van der Waals surface area contributed by atoms with Crippen molar-refractivity contribution in [2.24, 2.45) is 0 Å². The van der Waals surface area contributed by atoms with Crippen molar-refractivity contribution in [2.75, 3.05) is 14.2 Å². The van der Waals surface area contributed by atoms with Gasteiger partial charge in [0, 0.05) is 15.6 Å². The minimum absolute atomic E-state index is 0.502. The van der Waals surface area contributed by atoms with E-state index in [1.165, 1.54) is 11.8 Å². The first-order chi connectivity index (χ1) is 14.7. The van der Waals surface area contributed by atoms with E-state index in [-0.39, 0.29) is 0 Å². The van der Waals surface area contributed by atoms with Crippen molar-refractivity contribution in [1.29, 1.82) is 0 Å². The van der Waals surface area contributed by atoms with Gasteiger partial charge >= 0.3 is 0 Å². The summed E-state index contributed by atoms with van der Waals surface area (Å²) in [4.78, 5) is 4.45. The number of hydrogen-bond acceptors (Lipinski definition) is 8. The number of rotatable bonds is 7. The maximum atomic E-state index is 5.36. The van der Waals surface area contributed by atoms with Crippen molar-refractivity contribution in [3.05, 3.63) is 65.0 Å². The third kappa shape index (κ3) is 4.47. The summed E-state index contributed by atoms with van der Waals surface area (Å²) >= 11 is 4.98. The SMILES string of the molecule is COc1ccc(-c2ccc(SCc3nc(-c4ccccc4Br)no3)nn2)cc1OC. The maximum absolute atomic E-state index is 5.36. The highest BCUT2D eigenvalue weighted by Gasteiger charge is 2.12. The lowest BCUT2D eigenvalue weighted by Gasteiger charge is -2.09. The molecule has 0 spiro atoms. The molecule has 0 bridgehead atoms. The average molecular weight is 485 g/mol. The fraction of sp³-hybridized carbons (Fsp3) is 0.143. The van der Waals surface area contributed by atoms with E-state index >= 15 is 0 Å². The highest BCUT2D eigenvalue weighted by molar-refractivity contribution is 9.10. The molecule has 0 aliphatic carbocycles. The molecule has 0 saturated heterocycles. The van der Waals surface area contributed by atoms with Crippen LogP contribution in [0.4, 0.5) is 0 Å². The van der Waals surface area contributed by atoms with Crippen molar-refractivity contribution in [2.45, 2.75) is 10.8 Å². The van der Waals surface area contributed by atoms with E-state index in [0.29, 0.717) is 29.0 Å². The van der Waals surface area contributed by atoms with Crippen molar-refractivity contribution in [1.82, 2.24) is 20.3 Å². The van der Waals surface area contributed by atoms with Crippen LogP contribution in [0.3, 0.4) is 0 Å². The average Bonchev–Trinajstić information content (AvgIpc) is 3.26. The maximum Gasteiger partial charge on any atom is 0.237 e. The summed E-state index contributed by atoms with van der Waals surface area (Å²) in [6.07, 6.45) is 0. The second-order valence-corrected chi connectivity index (χ2v) is 7.96. The Morgan fingerprint density at radius 3 is 2.53 bits per heavy atom. The van der Waals surface area contributed by atoms with Gasteiger partial charge in [-0.15, -0.1) is 10.2 Å². The Hall–Kier alpha value is -2.91. The highest BCUT2D eigenvalue weighted by atomic mass is 79.9. The van der Waals surface area contributed by atoms with Crippen molar-refractivity contribution in [3.8, 4) is 34.1 Å². The Morgan fingerprint density at radius 2 is 1.80 bits per heavy atom. The number of aromatic nitrogens is 4. The number of hydrogen-bond donors (Lipinski definition) is 0. The summed E-state index contributed by atoms with van der Waals surface area (Å²) in [5, 5.41) is 13.4. The molecule has 7 nitrogen and oxygen atoms in total. The third-order valence-electron chi connectivity index (χ3n) is 4.25. The molecule has 152 valence electrons. The molecular weight excluding hydrogens is 468 g/mol. The molecule has 0 unspecified atom stereocenters. The Labute approximate surface area is 186 Å². The first-order valence-electron chi connectivity index (χ1n) is 8.94. The van der Waals surface area contributed by atoms with Gasteiger partial charge in [-0.3, -0.25) is 0 Å². The number of thioether (sulfide) groups is 1. The largest absolute Gasteiger partial charge is 0.493 e. The number of ether oxygens (including phenoxy) is 2. The summed E-state index contributed by atoms with van der Waals surface area (Å²) < 4.78 is 16.9. The summed E-state index contributed by atoms with van der Waals surface area (Å²) in [6.45, 7) is 0. The van der Waals surface area contributed by atoms with E-state index in [2.05, 4.69) is 36.3 Å². The second kappa shape index (κ2) is 9.27. The Kier molecular flexibility index (Phi) is 6.29. The zero-order valence-electron chi connectivity index (χ0n) is 16.2. The molecule has 0 aliphatic heterocycles. The van der Waals surface area contributed by atoms with E-state index in [9.17, 15) is 0 Å². The molecule has 0 amide bonds. The molecule has 0 radical (unpaired) electrons. The summed E-state index contributed by atoms with van der Waals surface area (Å²) in [5.41, 5.74) is 2.53. The first-order valence-corrected chi connectivity index (χ1v) is 10.7. The van der Waals surface area contributed by atoms with Crippen LogP contribution in [0.2, 0.25) is 0 Å². The zero-order chi connectivity index (χ0) is 20.9. The van der Waals surface area contributed by atoms with Gasteiger partial charge < -0.3 is 14.0 Å². The van der Waals surface area contributed by atoms with Gasteiger partial charge in [0.2, 0.25) is 11.7 Å². The van der Waals surface area contributed by atoms with E-state index in [4.69, 9.17) is 14.0 Å². The van der Waals surface area contributed by atoms with Crippen molar-refractivity contribution >= 4 is 27.7 Å². The van der Waals surface area contributed by atoms with Crippen LogP contribution in [0.25, 0.3) is 22.6 Å². The minimum Gasteiger partial charge on any atom is -0.493 e. The summed E-state index contributed by atoms with van der Waals surface area (Å²) in [6, 6.07) is 17.2. The number of benzene rings is 2. The molecule has 4 rings (SSSR count). The van der Waals surface area contributed by atoms with Gasteiger partial charge in [-0.1, -0.05) is 45.0 Å². The third-order valence-corrected chi connectivity index (χ3v) is 5.84. The molecule has 4 aromatic rings. The lowest BCUT2D eigenvalue weighted by Crippen LogP contribution is -1.93. The molecular formula is C21H17BrN4O3S. The molecule has 30 heavy (non-hydrogen) atoms. The fourth-order valence-electron chi connectivity index (χ4n) is 2.75. The van der Waals surface area contributed by atoms with Crippen LogP contribution < -0.4 is 9.47 Å². The number of nitrogens with zero attached hydrogens (tertiary/aromatic N) is 4. The summed E-state index contributed by atoms with van der Waals surface area (Å²) in [5.74, 6) is 2.89. The van der Waals surface area contributed by atoms with Gasteiger partial charge in [-0.25, -0.2) is 0 Å². The van der Waals surface area contributed by atoms with Gasteiger partial charge in [0.25, 0.3) is 0 Å². The van der Waals surface area contributed by atoms with E-state index in [0.717, 1.165) is 26.3 Å². The normalized spacial score (nSPS) is 10.8. The fourth-order valence-corrected chi connectivity index (χ4v) is 3.86. The first kappa shape index (κ1) is 20.4. The topological polar surface area (TPSA) is 83.2 Å². The molecule has 0 aliphatic rings. The molecule has 0 saturated carbocycles. The van der Waals surface area contributed by atoms with Crippen LogP contribution in [-0.2, 0) is 5.75 Å². The lowest BCUT2D eigenvalue weighted by molar-refractivity contribution is 0.355. The van der Waals surface area contributed by atoms with Crippen molar-refractivity contribution in [3.63, 3.8) is 0 Å². The van der Waals surface area contributed by atoms with Gasteiger partial charge in [0.1, 0.15) is 5.03 Å². The predicted octanol–water partition coefficient (Wildman–Crippen LogP) is 5.27. The second-order valence-electron chi connectivity index (χ2n) is 6.11. The van der Waals surface area contributed by atoms with E-state index in [1.807, 2.05) is 54.6 Å². The lowest BCUT2D eigenvalue weighted by atomic mass is 10.1. The van der Waals surface area contributed by atoms with Crippen LogP contribution in [0.1, 0.15) is 5.89 Å².